The summed E-state index contributed by atoms with van der Waals surface area (Å²) in [5, 5.41) is 11.4. The molecule has 2 aliphatic rings. The Kier molecular flexibility index (Phi) is 5.86. The highest BCUT2D eigenvalue weighted by atomic mass is 16.5. The van der Waals surface area contributed by atoms with Gasteiger partial charge in [0.05, 0.1) is 19.7 Å². The van der Waals surface area contributed by atoms with Crippen LogP contribution < -0.4 is 14.2 Å². The normalized spacial score (nSPS) is 16.8. The molecule has 6 nitrogen and oxygen atoms in total. The van der Waals surface area contributed by atoms with Crippen LogP contribution in [0.4, 0.5) is 0 Å². The molecule has 4 aromatic rings. The van der Waals surface area contributed by atoms with Gasteiger partial charge in [0.25, 0.3) is 0 Å². The number of aliphatic hydroxyl groups is 1. The average molecular weight is 485 g/mol. The van der Waals surface area contributed by atoms with E-state index in [2.05, 4.69) is 60.4 Å². The van der Waals surface area contributed by atoms with Crippen molar-refractivity contribution in [1.82, 2.24) is 9.47 Å². The van der Waals surface area contributed by atoms with Gasteiger partial charge in [0, 0.05) is 30.2 Å². The van der Waals surface area contributed by atoms with Crippen LogP contribution in [0.1, 0.15) is 39.6 Å². The Morgan fingerprint density at radius 2 is 1.89 bits per heavy atom. The lowest BCUT2D eigenvalue weighted by Crippen LogP contribution is -2.39. The zero-order valence-electron chi connectivity index (χ0n) is 21.1. The lowest BCUT2D eigenvalue weighted by molar-refractivity contribution is 0.145. The molecule has 0 bridgehead atoms. The van der Waals surface area contributed by atoms with Gasteiger partial charge >= 0.3 is 0 Å². The van der Waals surface area contributed by atoms with Gasteiger partial charge < -0.3 is 23.9 Å². The molecular weight excluding hydrogens is 452 g/mol. The predicted molar refractivity (Wildman–Crippen MR) is 140 cm³/mol. The smallest absolute Gasteiger partial charge is 0.162 e. The molecule has 0 fully saturated rings. The van der Waals surface area contributed by atoms with E-state index in [1.54, 1.807) is 14.2 Å². The zero-order chi connectivity index (χ0) is 24.8. The van der Waals surface area contributed by atoms with E-state index in [9.17, 15) is 5.11 Å². The van der Waals surface area contributed by atoms with Gasteiger partial charge in [-0.05, 0) is 72.4 Å². The van der Waals surface area contributed by atoms with Gasteiger partial charge in [-0.25, -0.2) is 0 Å². The van der Waals surface area contributed by atoms with Crippen LogP contribution in [0.25, 0.3) is 10.9 Å². The minimum atomic E-state index is -0.0264. The number of ether oxygens (including phenoxy) is 3. The first-order valence-electron chi connectivity index (χ1n) is 12.5. The second kappa shape index (κ2) is 9.19. The number of rotatable bonds is 6. The Morgan fingerprint density at radius 3 is 2.67 bits per heavy atom. The lowest BCUT2D eigenvalue weighted by atomic mass is 9.85. The van der Waals surface area contributed by atoms with Gasteiger partial charge in [-0.1, -0.05) is 29.8 Å². The van der Waals surface area contributed by atoms with Gasteiger partial charge in [0.2, 0.25) is 0 Å². The first kappa shape index (κ1) is 23.0. The molecule has 0 spiro atoms. The zero-order valence-corrected chi connectivity index (χ0v) is 21.1. The van der Waals surface area contributed by atoms with Gasteiger partial charge in [0.1, 0.15) is 19.1 Å². The number of aliphatic hydroxyl groups excluding tert-OH is 1. The number of aryl methyl sites for hydroxylation is 1. The number of hydrogen-bond acceptors (Lipinski definition) is 5. The Morgan fingerprint density at radius 1 is 1.00 bits per heavy atom. The van der Waals surface area contributed by atoms with E-state index in [4.69, 9.17) is 14.2 Å². The largest absolute Gasteiger partial charge is 0.497 e. The molecule has 1 N–H and O–H groups in total. The van der Waals surface area contributed by atoms with E-state index in [0.29, 0.717) is 6.61 Å². The van der Waals surface area contributed by atoms with Gasteiger partial charge in [-0.2, -0.15) is 0 Å². The van der Waals surface area contributed by atoms with Crippen molar-refractivity contribution >= 4 is 10.9 Å². The second-order valence-electron chi connectivity index (χ2n) is 9.80. The summed E-state index contributed by atoms with van der Waals surface area (Å²) in [6.07, 6.45) is 1.84. The van der Waals surface area contributed by atoms with Crippen LogP contribution in [0.3, 0.4) is 0 Å². The fraction of sp³-hybridized carbons (Fsp3) is 0.333. The molecule has 0 aliphatic carbocycles. The van der Waals surface area contributed by atoms with Crippen molar-refractivity contribution in [3.05, 3.63) is 88.1 Å². The second-order valence-corrected chi connectivity index (χ2v) is 9.80. The highest BCUT2D eigenvalue weighted by molar-refractivity contribution is 5.87. The van der Waals surface area contributed by atoms with E-state index >= 15 is 0 Å². The van der Waals surface area contributed by atoms with Crippen molar-refractivity contribution in [2.45, 2.75) is 45.7 Å². The SMILES string of the molecule is COc1ccc2c(c1)c1c(n2CO)CN2CCc3cc(OC)c(OCc4cccc(C)c4)cc3C2C1. The molecule has 0 saturated carbocycles. The molecule has 0 radical (unpaired) electrons. The van der Waals surface area contributed by atoms with Crippen molar-refractivity contribution in [3.63, 3.8) is 0 Å². The third-order valence-corrected chi connectivity index (χ3v) is 7.76. The topological polar surface area (TPSA) is 56.1 Å². The highest BCUT2D eigenvalue weighted by Crippen LogP contribution is 2.45. The number of aromatic nitrogens is 1. The van der Waals surface area contributed by atoms with Crippen molar-refractivity contribution in [1.29, 1.82) is 0 Å². The van der Waals surface area contributed by atoms with E-state index in [1.165, 1.54) is 27.9 Å². The monoisotopic (exact) mass is 484 g/mol. The highest BCUT2D eigenvalue weighted by Gasteiger charge is 2.36. The van der Waals surface area contributed by atoms with E-state index in [1.807, 2.05) is 10.6 Å². The number of fused-ring (bicyclic) bond motifs is 6. The summed E-state index contributed by atoms with van der Waals surface area (Å²) in [6.45, 7) is 4.35. The molecular formula is C30H32N2O4. The van der Waals surface area contributed by atoms with Crippen LogP contribution in [-0.4, -0.2) is 35.3 Å². The summed E-state index contributed by atoms with van der Waals surface area (Å²) in [5.41, 5.74) is 8.54. The van der Waals surface area contributed by atoms with Crippen molar-refractivity contribution in [3.8, 4) is 17.2 Å². The molecule has 1 unspecified atom stereocenters. The average Bonchev–Trinajstić information content (AvgIpc) is 3.21. The van der Waals surface area contributed by atoms with Crippen LogP contribution in [0, 0.1) is 6.92 Å². The molecule has 0 saturated heterocycles. The van der Waals surface area contributed by atoms with Gasteiger partial charge in [-0.3, -0.25) is 4.90 Å². The van der Waals surface area contributed by atoms with Crippen LogP contribution in [0.5, 0.6) is 17.2 Å². The Bertz CT molecular complexity index is 1440. The molecule has 6 heteroatoms. The standard InChI is InChI=1S/C30H32N2O4/c1-19-5-4-6-20(11-19)17-36-30-15-23-21(12-29(30)35-3)9-10-31-16-28-25(14-27(23)31)24-13-22(34-2)7-8-26(24)32(28)18-33/h4-8,11-13,15,27,33H,9-10,14,16-18H2,1-3H3. The summed E-state index contributed by atoms with van der Waals surface area (Å²) in [4.78, 5) is 2.53. The molecule has 0 amide bonds. The Hall–Kier alpha value is -3.48. The van der Waals surface area contributed by atoms with Crippen molar-refractivity contribution in [2.24, 2.45) is 0 Å². The number of benzene rings is 3. The third-order valence-electron chi connectivity index (χ3n) is 7.76. The molecule has 2 aliphatic heterocycles. The predicted octanol–water partition coefficient (Wildman–Crippen LogP) is 5.15. The summed E-state index contributed by atoms with van der Waals surface area (Å²) >= 11 is 0. The van der Waals surface area contributed by atoms with Crippen LogP contribution >= 0.6 is 0 Å². The molecule has 36 heavy (non-hydrogen) atoms. The maximum atomic E-state index is 10.2. The summed E-state index contributed by atoms with van der Waals surface area (Å²) in [7, 11) is 3.40. The summed E-state index contributed by atoms with van der Waals surface area (Å²) in [6, 6.07) is 19.1. The van der Waals surface area contributed by atoms with Crippen LogP contribution in [0.2, 0.25) is 0 Å². The molecule has 3 heterocycles. The van der Waals surface area contributed by atoms with Crippen molar-refractivity contribution in [2.75, 3.05) is 20.8 Å². The molecule has 6 rings (SSSR count). The molecule has 186 valence electrons. The Balaban J connectivity index is 1.38. The van der Waals surface area contributed by atoms with Crippen LogP contribution in [0.15, 0.2) is 54.6 Å². The summed E-state index contributed by atoms with van der Waals surface area (Å²) in [5.74, 6) is 2.40. The lowest BCUT2D eigenvalue weighted by Gasteiger charge is -2.41. The van der Waals surface area contributed by atoms with Crippen molar-refractivity contribution < 1.29 is 19.3 Å². The minimum Gasteiger partial charge on any atom is -0.497 e. The van der Waals surface area contributed by atoms with Gasteiger partial charge in [-0.15, -0.1) is 0 Å². The number of hydrogen-bond donors (Lipinski definition) is 1. The Labute approximate surface area is 211 Å². The minimum absolute atomic E-state index is 0.0264. The fourth-order valence-corrected chi connectivity index (χ4v) is 5.96. The third kappa shape index (κ3) is 3.81. The quantitative estimate of drug-likeness (QED) is 0.410. The maximum absolute atomic E-state index is 10.2. The maximum Gasteiger partial charge on any atom is 0.162 e. The van der Waals surface area contributed by atoms with Gasteiger partial charge in [0.15, 0.2) is 11.5 Å². The van der Waals surface area contributed by atoms with E-state index < -0.39 is 0 Å². The van der Waals surface area contributed by atoms with E-state index in [0.717, 1.165) is 59.6 Å². The molecule has 1 atom stereocenters. The number of nitrogens with zero attached hydrogens (tertiary/aromatic N) is 2. The van der Waals surface area contributed by atoms with E-state index in [-0.39, 0.29) is 12.8 Å². The fourth-order valence-electron chi connectivity index (χ4n) is 5.96. The first-order chi connectivity index (χ1) is 17.6. The number of methoxy groups -OCH3 is 2. The van der Waals surface area contributed by atoms with Crippen LogP contribution in [-0.2, 0) is 32.7 Å². The first-order valence-corrected chi connectivity index (χ1v) is 12.5. The summed E-state index contributed by atoms with van der Waals surface area (Å²) < 4.78 is 19.6. The molecule has 3 aromatic carbocycles. The molecule has 1 aromatic heterocycles.